The summed E-state index contributed by atoms with van der Waals surface area (Å²) in [4.78, 5) is 0. The molecule has 0 atom stereocenters. The lowest BCUT2D eigenvalue weighted by molar-refractivity contribution is -0.0358. The molecule has 2 aliphatic heterocycles. The van der Waals surface area contributed by atoms with Gasteiger partial charge in [0.05, 0.1) is 5.60 Å². The fourth-order valence-electron chi connectivity index (χ4n) is 1.44. The van der Waals surface area contributed by atoms with Crippen LogP contribution in [0.15, 0.2) is 0 Å². The van der Waals surface area contributed by atoms with E-state index in [-0.39, 0.29) is 12.4 Å². The predicted molar refractivity (Wildman–Crippen MR) is 38.0 cm³/mol. The second-order valence-electron chi connectivity index (χ2n) is 2.74. The van der Waals surface area contributed by atoms with Crippen molar-refractivity contribution in [1.29, 1.82) is 0 Å². The summed E-state index contributed by atoms with van der Waals surface area (Å²) < 4.78 is 5.51. The van der Waals surface area contributed by atoms with Crippen molar-refractivity contribution >= 4 is 12.4 Å². The van der Waals surface area contributed by atoms with Gasteiger partial charge in [-0.1, -0.05) is 0 Å². The molecule has 0 unspecified atom stereocenters. The van der Waals surface area contributed by atoms with Gasteiger partial charge in [0.25, 0.3) is 0 Å². The van der Waals surface area contributed by atoms with Gasteiger partial charge in [-0.05, 0) is 12.8 Å². The third-order valence-corrected chi connectivity index (χ3v) is 2.08. The van der Waals surface area contributed by atoms with Gasteiger partial charge in [-0.15, -0.1) is 12.4 Å². The largest absolute Gasteiger partial charge is 0.372 e. The molecule has 54 valence electrons. The lowest BCUT2D eigenvalue weighted by Gasteiger charge is -2.37. The topological polar surface area (TPSA) is 21.3 Å². The number of rotatable bonds is 0. The number of halogens is 1. The molecule has 0 amide bonds. The van der Waals surface area contributed by atoms with Crippen LogP contribution in [0.3, 0.4) is 0 Å². The predicted octanol–water partition coefficient (Wildman–Crippen LogP) is 0.561. The maximum atomic E-state index is 5.51. The van der Waals surface area contributed by atoms with E-state index in [0.717, 1.165) is 19.7 Å². The van der Waals surface area contributed by atoms with Gasteiger partial charge in [0, 0.05) is 19.7 Å². The molecule has 0 saturated carbocycles. The van der Waals surface area contributed by atoms with Crippen LogP contribution in [0.4, 0.5) is 0 Å². The SMILES string of the molecule is C1COC2(C1)CNC2.Cl. The molecule has 0 aromatic heterocycles. The molecule has 1 spiro atoms. The van der Waals surface area contributed by atoms with Crippen molar-refractivity contribution in [1.82, 2.24) is 5.32 Å². The molecule has 9 heavy (non-hydrogen) atoms. The van der Waals surface area contributed by atoms with Crippen LogP contribution >= 0.6 is 12.4 Å². The van der Waals surface area contributed by atoms with Gasteiger partial charge in [0.15, 0.2) is 0 Å². The van der Waals surface area contributed by atoms with Crippen molar-refractivity contribution < 1.29 is 4.74 Å². The summed E-state index contributed by atoms with van der Waals surface area (Å²) >= 11 is 0. The van der Waals surface area contributed by atoms with Gasteiger partial charge >= 0.3 is 0 Å². The zero-order chi connectivity index (χ0) is 5.45. The van der Waals surface area contributed by atoms with Crippen molar-refractivity contribution in [2.24, 2.45) is 0 Å². The Bertz CT molecular complexity index is 95.2. The van der Waals surface area contributed by atoms with E-state index >= 15 is 0 Å². The molecule has 0 aliphatic carbocycles. The smallest absolute Gasteiger partial charge is 0.0930 e. The fraction of sp³-hybridized carbons (Fsp3) is 1.00. The summed E-state index contributed by atoms with van der Waals surface area (Å²) in [6, 6.07) is 0. The van der Waals surface area contributed by atoms with Crippen LogP contribution in [-0.4, -0.2) is 25.3 Å². The van der Waals surface area contributed by atoms with E-state index in [0.29, 0.717) is 5.60 Å². The van der Waals surface area contributed by atoms with Gasteiger partial charge < -0.3 is 10.1 Å². The molecule has 3 heteroatoms. The summed E-state index contributed by atoms with van der Waals surface area (Å²) in [5.41, 5.74) is 0.306. The lowest BCUT2D eigenvalue weighted by Crippen LogP contribution is -2.58. The van der Waals surface area contributed by atoms with Crippen LogP contribution in [0, 0.1) is 0 Å². The Morgan fingerprint density at radius 1 is 1.33 bits per heavy atom. The molecular weight excluding hydrogens is 138 g/mol. The average molecular weight is 150 g/mol. The number of hydrogen-bond donors (Lipinski definition) is 1. The van der Waals surface area contributed by atoms with E-state index in [2.05, 4.69) is 5.32 Å². The van der Waals surface area contributed by atoms with Gasteiger partial charge in [0.1, 0.15) is 0 Å². The average Bonchev–Trinajstić information content (AvgIpc) is 2.07. The monoisotopic (exact) mass is 149 g/mol. The molecule has 2 nitrogen and oxygen atoms in total. The number of nitrogens with one attached hydrogen (secondary N) is 1. The van der Waals surface area contributed by atoms with Crippen LogP contribution < -0.4 is 5.32 Å². The van der Waals surface area contributed by atoms with E-state index < -0.39 is 0 Å². The third kappa shape index (κ3) is 1.07. The molecule has 0 aromatic carbocycles. The second kappa shape index (κ2) is 2.45. The first-order chi connectivity index (χ1) is 3.91. The van der Waals surface area contributed by atoms with Gasteiger partial charge in [-0.3, -0.25) is 0 Å². The fourth-order valence-corrected chi connectivity index (χ4v) is 1.44. The lowest BCUT2D eigenvalue weighted by atomic mass is 9.94. The quantitative estimate of drug-likeness (QED) is 0.544. The van der Waals surface area contributed by atoms with Crippen LogP contribution in [0.5, 0.6) is 0 Å². The summed E-state index contributed by atoms with van der Waals surface area (Å²) in [5, 5.41) is 3.22. The van der Waals surface area contributed by atoms with Crippen LogP contribution in [-0.2, 0) is 4.74 Å². The van der Waals surface area contributed by atoms with Gasteiger partial charge in [0.2, 0.25) is 0 Å². The van der Waals surface area contributed by atoms with Crippen molar-refractivity contribution in [3.05, 3.63) is 0 Å². The van der Waals surface area contributed by atoms with Crippen LogP contribution in [0.1, 0.15) is 12.8 Å². The van der Waals surface area contributed by atoms with E-state index in [9.17, 15) is 0 Å². The maximum Gasteiger partial charge on any atom is 0.0930 e. The van der Waals surface area contributed by atoms with Gasteiger partial charge in [-0.25, -0.2) is 0 Å². The Morgan fingerprint density at radius 3 is 2.33 bits per heavy atom. The molecule has 1 N–H and O–H groups in total. The number of ether oxygens (including phenoxy) is 1. The minimum Gasteiger partial charge on any atom is -0.372 e. The minimum absolute atomic E-state index is 0. The summed E-state index contributed by atoms with van der Waals surface area (Å²) in [5.74, 6) is 0. The zero-order valence-electron chi connectivity index (χ0n) is 5.35. The highest BCUT2D eigenvalue weighted by Crippen LogP contribution is 2.28. The van der Waals surface area contributed by atoms with Crippen LogP contribution in [0.2, 0.25) is 0 Å². The molecule has 2 aliphatic rings. The summed E-state index contributed by atoms with van der Waals surface area (Å²) in [6.07, 6.45) is 2.54. The van der Waals surface area contributed by atoms with E-state index in [1.54, 1.807) is 0 Å². The Balaban J connectivity index is 0.000000405. The Morgan fingerprint density at radius 2 is 2.11 bits per heavy atom. The molecular formula is C6H12ClNO. The standard InChI is InChI=1S/C6H11NO.ClH/c1-2-6(8-3-1)4-7-5-6;/h7H,1-5H2;1H. The number of hydrogen-bond acceptors (Lipinski definition) is 2. The summed E-state index contributed by atoms with van der Waals surface area (Å²) in [7, 11) is 0. The van der Waals surface area contributed by atoms with Crippen LogP contribution in [0.25, 0.3) is 0 Å². The first kappa shape index (κ1) is 7.32. The first-order valence-electron chi connectivity index (χ1n) is 3.26. The zero-order valence-corrected chi connectivity index (χ0v) is 6.17. The van der Waals surface area contributed by atoms with Crippen molar-refractivity contribution in [3.8, 4) is 0 Å². The van der Waals surface area contributed by atoms with Crippen molar-refractivity contribution in [2.75, 3.05) is 19.7 Å². The molecule has 2 heterocycles. The molecule has 0 bridgehead atoms. The molecule has 0 radical (unpaired) electrons. The first-order valence-corrected chi connectivity index (χ1v) is 3.26. The molecule has 2 rings (SSSR count). The van der Waals surface area contributed by atoms with Crippen molar-refractivity contribution in [3.63, 3.8) is 0 Å². The molecule has 0 aromatic rings. The van der Waals surface area contributed by atoms with E-state index in [4.69, 9.17) is 4.74 Å². The second-order valence-corrected chi connectivity index (χ2v) is 2.74. The minimum atomic E-state index is 0. The molecule has 2 saturated heterocycles. The Kier molecular flexibility index (Phi) is 1.99. The highest BCUT2D eigenvalue weighted by atomic mass is 35.5. The van der Waals surface area contributed by atoms with Crippen molar-refractivity contribution in [2.45, 2.75) is 18.4 Å². The maximum absolute atomic E-state index is 5.51. The van der Waals surface area contributed by atoms with E-state index in [1.165, 1.54) is 12.8 Å². The van der Waals surface area contributed by atoms with E-state index in [1.807, 2.05) is 0 Å². The van der Waals surface area contributed by atoms with Gasteiger partial charge in [-0.2, -0.15) is 0 Å². The normalized spacial score (nSPS) is 29.3. The summed E-state index contributed by atoms with van der Waals surface area (Å²) in [6.45, 7) is 3.17. The highest BCUT2D eigenvalue weighted by Gasteiger charge is 2.40. The Labute approximate surface area is 61.4 Å². The Hall–Kier alpha value is 0.210. The highest BCUT2D eigenvalue weighted by molar-refractivity contribution is 5.85. The third-order valence-electron chi connectivity index (χ3n) is 2.08. The molecule has 2 fully saturated rings.